The second kappa shape index (κ2) is 7.78. The molecule has 1 N–H and O–H groups in total. The SMILES string of the molecule is Cc1noc(C)c1CC(=O)NC1CCCN(Cc2ccccc2F)C1. The summed E-state index contributed by atoms with van der Waals surface area (Å²) in [5.74, 6) is 0.497. The molecule has 1 saturated heterocycles. The van der Waals surface area contributed by atoms with Gasteiger partial charge in [-0.2, -0.15) is 0 Å². The molecule has 1 unspecified atom stereocenters. The van der Waals surface area contributed by atoms with Crippen LogP contribution in [0.5, 0.6) is 0 Å². The molecule has 1 aromatic heterocycles. The molecule has 0 radical (unpaired) electrons. The summed E-state index contributed by atoms with van der Waals surface area (Å²) in [6.07, 6.45) is 2.22. The molecule has 0 bridgehead atoms. The molecule has 2 heterocycles. The van der Waals surface area contributed by atoms with Gasteiger partial charge in [-0.05, 0) is 39.3 Å². The Balaban J connectivity index is 1.55. The average Bonchev–Trinajstić information content (AvgIpc) is 2.89. The molecule has 1 aliphatic heterocycles. The Kier molecular flexibility index (Phi) is 5.48. The number of nitrogens with one attached hydrogen (secondary N) is 1. The van der Waals surface area contributed by atoms with E-state index in [4.69, 9.17) is 4.52 Å². The Labute approximate surface area is 147 Å². The lowest BCUT2D eigenvalue weighted by Gasteiger charge is -2.33. The van der Waals surface area contributed by atoms with E-state index in [9.17, 15) is 9.18 Å². The van der Waals surface area contributed by atoms with Crippen molar-refractivity contribution < 1.29 is 13.7 Å². The van der Waals surface area contributed by atoms with E-state index < -0.39 is 0 Å². The van der Waals surface area contributed by atoms with Gasteiger partial charge in [-0.15, -0.1) is 0 Å². The van der Waals surface area contributed by atoms with Gasteiger partial charge in [0.05, 0.1) is 12.1 Å². The Hall–Kier alpha value is -2.21. The van der Waals surface area contributed by atoms with Crippen LogP contribution < -0.4 is 5.32 Å². The van der Waals surface area contributed by atoms with Gasteiger partial charge in [0.1, 0.15) is 11.6 Å². The van der Waals surface area contributed by atoms with Crippen LogP contribution >= 0.6 is 0 Å². The van der Waals surface area contributed by atoms with Crippen LogP contribution in [-0.4, -0.2) is 35.1 Å². The number of hydrogen-bond acceptors (Lipinski definition) is 4. The minimum Gasteiger partial charge on any atom is -0.361 e. The lowest BCUT2D eigenvalue weighted by molar-refractivity contribution is -0.121. The van der Waals surface area contributed by atoms with Crippen LogP contribution in [0.1, 0.15) is 35.4 Å². The fourth-order valence-electron chi connectivity index (χ4n) is 3.38. The zero-order chi connectivity index (χ0) is 17.8. The van der Waals surface area contributed by atoms with E-state index in [0.717, 1.165) is 37.2 Å². The number of rotatable bonds is 5. The smallest absolute Gasteiger partial charge is 0.224 e. The van der Waals surface area contributed by atoms with Gasteiger partial charge in [0.2, 0.25) is 5.91 Å². The highest BCUT2D eigenvalue weighted by molar-refractivity contribution is 5.79. The summed E-state index contributed by atoms with van der Waals surface area (Å²) in [6, 6.07) is 6.95. The van der Waals surface area contributed by atoms with Gasteiger partial charge in [-0.3, -0.25) is 9.69 Å². The first-order valence-electron chi connectivity index (χ1n) is 8.70. The van der Waals surface area contributed by atoms with E-state index in [2.05, 4.69) is 15.4 Å². The number of carbonyl (C=O) groups excluding carboxylic acids is 1. The maximum absolute atomic E-state index is 13.8. The number of halogens is 1. The van der Waals surface area contributed by atoms with Gasteiger partial charge in [-0.1, -0.05) is 23.4 Å². The average molecular weight is 345 g/mol. The van der Waals surface area contributed by atoms with Crippen molar-refractivity contribution in [1.82, 2.24) is 15.4 Å². The highest BCUT2D eigenvalue weighted by Gasteiger charge is 2.23. The predicted molar refractivity (Wildman–Crippen MR) is 92.5 cm³/mol. The molecule has 1 fully saturated rings. The first kappa shape index (κ1) is 17.6. The molecule has 2 aromatic rings. The number of carbonyl (C=O) groups is 1. The number of piperidine rings is 1. The molecule has 25 heavy (non-hydrogen) atoms. The number of amides is 1. The molecule has 0 aliphatic carbocycles. The fourth-order valence-corrected chi connectivity index (χ4v) is 3.38. The van der Waals surface area contributed by atoms with Crippen molar-refractivity contribution in [3.05, 3.63) is 52.7 Å². The molecule has 0 saturated carbocycles. The van der Waals surface area contributed by atoms with Crippen molar-refractivity contribution in [3.63, 3.8) is 0 Å². The van der Waals surface area contributed by atoms with Gasteiger partial charge < -0.3 is 9.84 Å². The van der Waals surface area contributed by atoms with Crippen LogP contribution in [0, 0.1) is 19.7 Å². The first-order chi connectivity index (χ1) is 12.0. The van der Waals surface area contributed by atoms with E-state index in [1.807, 2.05) is 26.0 Å². The number of aromatic nitrogens is 1. The summed E-state index contributed by atoms with van der Waals surface area (Å²) >= 11 is 0. The molecule has 1 aliphatic rings. The van der Waals surface area contributed by atoms with Gasteiger partial charge in [-0.25, -0.2) is 4.39 Å². The molecule has 134 valence electrons. The third-order valence-electron chi connectivity index (χ3n) is 4.74. The highest BCUT2D eigenvalue weighted by Crippen LogP contribution is 2.17. The second-order valence-electron chi connectivity index (χ2n) is 6.71. The molecule has 3 rings (SSSR count). The number of likely N-dealkylation sites (tertiary alicyclic amines) is 1. The third kappa shape index (κ3) is 4.45. The summed E-state index contributed by atoms with van der Waals surface area (Å²) in [7, 11) is 0. The Morgan fingerprint density at radius 3 is 2.92 bits per heavy atom. The lowest BCUT2D eigenvalue weighted by Crippen LogP contribution is -2.47. The summed E-state index contributed by atoms with van der Waals surface area (Å²) in [6.45, 7) is 5.89. The van der Waals surface area contributed by atoms with Gasteiger partial charge in [0.15, 0.2) is 0 Å². The Morgan fingerprint density at radius 1 is 1.40 bits per heavy atom. The lowest BCUT2D eigenvalue weighted by atomic mass is 10.0. The van der Waals surface area contributed by atoms with Crippen LogP contribution in [0.2, 0.25) is 0 Å². The summed E-state index contributed by atoms with van der Waals surface area (Å²) in [5.41, 5.74) is 2.32. The highest BCUT2D eigenvalue weighted by atomic mass is 19.1. The van der Waals surface area contributed by atoms with Gasteiger partial charge >= 0.3 is 0 Å². The van der Waals surface area contributed by atoms with E-state index in [-0.39, 0.29) is 24.2 Å². The topological polar surface area (TPSA) is 58.4 Å². The first-order valence-corrected chi connectivity index (χ1v) is 8.70. The van der Waals surface area contributed by atoms with Gasteiger partial charge in [0, 0.05) is 30.3 Å². The van der Waals surface area contributed by atoms with Crippen LogP contribution in [0.4, 0.5) is 4.39 Å². The molecular formula is C19H24FN3O2. The monoisotopic (exact) mass is 345 g/mol. The van der Waals surface area contributed by atoms with Crippen LogP contribution in [0.15, 0.2) is 28.8 Å². The number of hydrogen-bond donors (Lipinski definition) is 1. The quantitative estimate of drug-likeness (QED) is 0.905. The third-order valence-corrected chi connectivity index (χ3v) is 4.74. The maximum Gasteiger partial charge on any atom is 0.224 e. The Morgan fingerprint density at radius 2 is 2.20 bits per heavy atom. The number of benzene rings is 1. The van der Waals surface area contributed by atoms with Crippen molar-refractivity contribution in [1.29, 1.82) is 0 Å². The molecule has 1 amide bonds. The van der Waals surface area contributed by atoms with Crippen molar-refractivity contribution in [3.8, 4) is 0 Å². The summed E-state index contributed by atoms with van der Waals surface area (Å²) in [5, 5.41) is 6.98. The van der Waals surface area contributed by atoms with E-state index in [1.165, 1.54) is 6.07 Å². The van der Waals surface area contributed by atoms with Crippen molar-refractivity contribution in [2.75, 3.05) is 13.1 Å². The zero-order valence-corrected chi connectivity index (χ0v) is 14.7. The molecule has 0 spiro atoms. The van der Waals surface area contributed by atoms with Crippen molar-refractivity contribution in [2.24, 2.45) is 0 Å². The summed E-state index contributed by atoms with van der Waals surface area (Å²) < 4.78 is 18.9. The molecule has 1 atom stereocenters. The van der Waals surface area contributed by atoms with Crippen LogP contribution in [0.3, 0.4) is 0 Å². The largest absolute Gasteiger partial charge is 0.361 e. The maximum atomic E-state index is 13.8. The minimum absolute atomic E-state index is 0.0212. The van der Waals surface area contributed by atoms with E-state index >= 15 is 0 Å². The number of aryl methyl sites for hydroxylation is 2. The van der Waals surface area contributed by atoms with E-state index in [0.29, 0.717) is 17.9 Å². The number of nitrogens with zero attached hydrogens (tertiary/aromatic N) is 2. The second-order valence-corrected chi connectivity index (χ2v) is 6.71. The molecule has 5 nitrogen and oxygen atoms in total. The molecular weight excluding hydrogens is 321 g/mol. The van der Waals surface area contributed by atoms with Crippen LogP contribution in [0.25, 0.3) is 0 Å². The predicted octanol–water partition coefficient (Wildman–Crippen LogP) is 2.75. The van der Waals surface area contributed by atoms with Crippen LogP contribution in [-0.2, 0) is 17.8 Å². The zero-order valence-electron chi connectivity index (χ0n) is 14.7. The normalized spacial score (nSPS) is 18.3. The summed E-state index contributed by atoms with van der Waals surface area (Å²) in [4.78, 5) is 14.5. The van der Waals surface area contributed by atoms with E-state index in [1.54, 1.807) is 6.07 Å². The van der Waals surface area contributed by atoms with Crippen molar-refractivity contribution >= 4 is 5.91 Å². The molecule has 1 aromatic carbocycles. The van der Waals surface area contributed by atoms with Crippen molar-refractivity contribution in [2.45, 2.75) is 45.7 Å². The fraction of sp³-hybridized carbons (Fsp3) is 0.474. The minimum atomic E-state index is -0.174. The molecule has 6 heteroatoms. The Bertz CT molecular complexity index is 725. The van der Waals surface area contributed by atoms with Gasteiger partial charge in [0.25, 0.3) is 0 Å². The standard InChI is InChI=1S/C19H24FN3O2/c1-13-17(14(2)25-22-13)10-19(24)21-16-7-5-9-23(12-16)11-15-6-3-4-8-18(15)20/h3-4,6,8,16H,5,7,9-12H2,1-2H3,(H,21,24).